The maximum atomic E-state index is 11.6. The van der Waals surface area contributed by atoms with Gasteiger partial charge in [-0.3, -0.25) is 4.79 Å². The summed E-state index contributed by atoms with van der Waals surface area (Å²) in [6.45, 7) is 3.60. The van der Waals surface area contributed by atoms with Crippen LogP contribution in [0.25, 0.3) is 0 Å². The van der Waals surface area contributed by atoms with E-state index in [1.54, 1.807) is 13.8 Å². The number of hydrazine groups is 1. The lowest BCUT2D eigenvalue weighted by Gasteiger charge is -2.29. The number of thioether (sulfide) groups is 1. The Morgan fingerprint density at radius 3 is 2.67 bits per heavy atom. The van der Waals surface area contributed by atoms with Crippen molar-refractivity contribution in [2.45, 2.75) is 29.6 Å². The first kappa shape index (κ1) is 9.02. The van der Waals surface area contributed by atoms with Gasteiger partial charge in [-0.25, -0.2) is 15.5 Å². The Kier molecular flexibility index (Phi) is 1.20. The first-order chi connectivity index (χ1) is 6.85. The zero-order valence-corrected chi connectivity index (χ0v) is 9.04. The summed E-state index contributed by atoms with van der Waals surface area (Å²) in [6, 6.07) is 0. The molecule has 2 fully saturated rings. The second-order valence-corrected chi connectivity index (χ2v) is 6.09. The molecule has 3 N–H and O–H groups in total. The van der Waals surface area contributed by atoms with Crippen molar-refractivity contribution in [2.24, 2.45) is 5.84 Å². The summed E-state index contributed by atoms with van der Waals surface area (Å²) in [6.07, 6.45) is 0. The number of hydrogen-bond acceptors (Lipinski definition) is 4. The quantitative estimate of drug-likeness (QED) is 0.334. The highest BCUT2D eigenvalue weighted by Gasteiger charge is 2.88. The zero-order valence-electron chi connectivity index (χ0n) is 8.22. The van der Waals surface area contributed by atoms with Gasteiger partial charge in [-0.15, -0.1) is 11.8 Å². The summed E-state index contributed by atoms with van der Waals surface area (Å²) >= 11 is 1.48. The number of hydrogen-bond donors (Lipinski definition) is 2. The average Bonchev–Trinajstić information content (AvgIpc) is 2.56. The molecule has 7 heteroatoms. The van der Waals surface area contributed by atoms with Crippen LogP contribution in [-0.4, -0.2) is 48.1 Å². The first-order valence-electron chi connectivity index (χ1n) is 4.52. The molecule has 0 saturated carbocycles. The molecule has 0 aromatic heterocycles. The van der Waals surface area contributed by atoms with Crippen LogP contribution in [0.1, 0.15) is 13.8 Å². The van der Waals surface area contributed by atoms with E-state index in [2.05, 4.69) is 0 Å². The first-order valence-corrected chi connectivity index (χ1v) is 5.40. The van der Waals surface area contributed by atoms with Gasteiger partial charge in [0.25, 0.3) is 0 Å². The van der Waals surface area contributed by atoms with Crippen molar-refractivity contribution in [2.75, 3.05) is 0 Å². The van der Waals surface area contributed by atoms with Crippen LogP contribution in [-0.2, 0) is 9.59 Å². The molecule has 0 aliphatic carbocycles. The predicted octanol–water partition coefficient (Wildman–Crippen LogP) is -1.20. The van der Waals surface area contributed by atoms with Crippen molar-refractivity contribution in [1.29, 1.82) is 0 Å². The molecular formula is C8H10N3O3S+. The molecule has 0 aromatic rings. The van der Waals surface area contributed by atoms with Crippen LogP contribution in [0.4, 0.5) is 0 Å². The highest BCUT2D eigenvalue weighted by atomic mass is 32.2. The number of amides is 1. The van der Waals surface area contributed by atoms with Crippen molar-refractivity contribution in [3.8, 4) is 0 Å². The molecule has 0 unspecified atom stereocenters. The molecule has 2 saturated heterocycles. The van der Waals surface area contributed by atoms with E-state index in [0.717, 1.165) is 4.68 Å². The minimum Gasteiger partial charge on any atom is -0.474 e. The molecule has 1 amide bonds. The average molecular weight is 228 g/mol. The summed E-state index contributed by atoms with van der Waals surface area (Å²) in [5.74, 6) is 4.44. The Labute approximate surface area is 89.7 Å². The van der Waals surface area contributed by atoms with Crippen LogP contribution >= 0.6 is 11.8 Å². The molecule has 15 heavy (non-hydrogen) atoms. The van der Waals surface area contributed by atoms with Crippen molar-refractivity contribution in [3.63, 3.8) is 0 Å². The third-order valence-corrected chi connectivity index (χ3v) is 4.94. The number of β-lactam (4-membered cyclic amide) rings is 1. The number of nitrogens with zero attached hydrogens (tertiary/aromatic N) is 2. The summed E-state index contributed by atoms with van der Waals surface area (Å²) in [5.41, 5.74) is -0.976. The summed E-state index contributed by atoms with van der Waals surface area (Å²) in [4.78, 5) is 24.4. The topological polar surface area (TPSA) is 86.6 Å². The lowest BCUT2D eigenvalue weighted by atomic mass is 9.94. The normalized spacial score (nSPS) is 39.7. The van der Waals surface area contributed by atoms with Crippen molar-refractivity contribution in [1.82, 2.24) is 4.90 Å². The summed E-state index contributed by atoms with van der Waals surface area (Å²) < 4.78 is 0.534. The number of nitrogens with two attached hydrogens (primary N) is 1. The van der Waals surface area contributed by atoms with E-state index in [4.69, 9.17) is 5.84 Å². The third kappa shape index (κ3) is 0.573. The van der Waals surface area contributed by atoms with Crippen LogP contribution in [0.2, 0.25) is 0 Å². The molecule has 4 bridgehead atoms. The number of carbonyl (C=O) groups excluding carboxylic acids is 1. The fourth-order valence-electron chi connectivity index (χ4n) is 2.73. The maximum Gasteiger partial charge on any atom is 0.404 e. The minimum atomic E-state index is -1.39. The van der Waals surface area contributed by atoms with Crippen LogP contribution in [0.3, 0.4) is 0 Å². The smallest absolute Gasteiger partial charge is 0.404 e. The molecule has 4 heterocycles. The summed E-state index contributed by atoms with van der Waals surface area (Å²) in [5, 5.41) is 9.20. The van der Waals surface area contributed by atoms with E-state index in [1.165, 1.54) is 16.7 Å². The van der Waals surface area contributed by atoms with Gasteiger partial charge in [0.1, 0.15) is 4.75 Å². The van der Waals surface area contributed by atoms with E-state index in [0.29, 0.717) is 5.71 Å². The lowest BCUT2D eigenvalue weighted by Crippen LogP contribution is -2.66. The molecule has 0 radical (unpaired) electrons. The van der Waals surface area contributed by atoms with Crippen molar-refractivity contribution >= 4 is 29.4 Å². The Morgan fingerprint density at radius 1 is 1.67 bits per heavy atom. The SMILES string of the molecule is CC1(C)S[C@@H]2C3=[N+](N)[C@@]1(C(=O)O)N2C3=O. The minimum absolute atomic E-state index is 0.173. The predicted molar refractivity (Wildman–Crippen MR) is 52.1 cm³/mol. The largest absolute Gasteiger partial charge is 0.474 e. The van der Waals surface area contributed by atoms with Gasteiger partial charge < -0.3 is 5.11 Å². The molecular weight excluding hydrogens is 218 g/mol. The maximum absolute atomic E-state index is 11.6. The van der Waals surface area contributed by atoms with Crippen molar-refractivity contribution in [3.05, 3.63) is 0 Å². The van der Waals surface area contributed by atoms with E-state index >= 15 is 0 Å². The Bertz CT molecular complexity index is 458. The Hall–Kier alpha value is -1.24. The number of carboxylic acid groups (broad SMARTS) is 1. The van der Waals surface area contributed by atoms with Crippen molar-refractivity contribution < 1.29 is 19.4 Å². The van der Waals surface area contributed by atoms with Gasteiger partial charge in [-0.05, 0) is 13.8 Å². The van der Waals surface area contributed by atoms with E-state index in [9.17, 15) is 14.7 Å². The van der Waals surface area contributed by atoms with Crippen LogP contribution in [0.15, 0.2) is 0 Å². The molecule has 4 rings (SSSR count). The summed E-state index contributed by atoms with van der Waals surface area (Å²) in [7, 11) is 0. The third-order valence-electron chi connectivity index (χ3n) is 3.41. The van der Waals surface area contributed by atoms with Crippen LogP contribution in [0.5, 0.6) is 0 Å². The molecule has 4 aliphatic rings. The van der Waals surface area contributed by atoms with Crippen LogP contribution < -0.4 is 5.84 Å². The lowest BCUT2D eigenvalue weighted by molar-refractivity contribution is -0.611. The van der Waals surface area contributed by atoms with Gasteiger partial charge in [0.2, 0.25) is 0 Å². The molecule has 6 nitrogen and oxygen atoms in total. The Morgan fingerprint density at radius 2 is 2.27 bits per heavy atom. The fourth-order valence-corrected chi connectivity index (χ4v) is 4.42. The number of carboxylic acids is 1. The van der Waals surface area contributed by atoms with Gasteiger partial charge in [0.15, 0.2) is 5.37 Å². The molecule has 0 spiro atoms. The highest BCUT2D eigenvalue weighted by Crippen LogP contribution is 2.59. The monoisotopic (exact) mass is 228 g/mol. The standard InChI is InChI=1S/C8H9N3O3S/c1-7(2)8(6(13)14)10-4(12)3(11(8)9)5(10)15-7/h5H,1-2H3,(H2-,9,12,13,14)/p+1/t5-,8-/m1/s1. The molecule has 80 valence electrons. The van der Waals surface area contributed by atoms with Gasteiger partial charge in [-0.1, -0.05) is 4.68 Å². The molecule has 2 atom stereocenters. The van der Waals surface area contributed by atoms with Gasteiger partial charge in [0.05, 0.1) is 0 Å². The van der Waals surface area contributed by atoms with Gasteiger partial charge in [-0.2, -0.15) is 0 Å². The Balaban J connectivity index is 2.31. The second-order valence-electron chi connectivity index (χ2n) is 4.39. The number of hydrazone groups is 1. The van der Waals surface area contributed by atoms with Gasteiger partial charge in [0, 0.05) is 0 Å². The number of rotatable bonds is 1. The van der Waals surface area contributed by atoms with Crippen LogP contribution in [0, 0.1) is 0 Å². The fraction of sp³-hybridized carbons (Fsp3) is 0.625. The molecule has 4 aliphatic heterocycles. The van der Waals surface area contributed by atoms with E-state index in [1.807, 2.05) is 0 Å². The van der Waals surface area contributed by atoms with E-state index < -0.39 is 16.4 Å². The van der Waals surface area contributed by atoms with E-state index in [-0.39, 0.29) is 11.3 Å². The second kappa shape index (κ2) is 1.99. The number of carbonyl (C=O) groups is 2. The van der Waals surface area contributed by atoms with Gasteiger partial charge >= 0.3 is 23.3 Å². The zero-order chi connectivity index (χ0) is 11.2. The highest BCUT2D eigenvalue weighted by molar-refractivity contribution is 8.02. The molecule has 0 aromatic carbocycles. The number of aliphatic carboxylic acids is 1.